The molecule has 0 aliphatic rings. The summed E-state index contributed by atoms with van der Waals surface area (Å²) in [5.41, 5.74) is 2.91. The number of hydrogen-bond acceptors (Lipinski definition) is 3. The lowest BCUT2D eigenvalue weighted by Crippen LogP contribution is -2.16. The molecule has 102 valence electrons. The quantitative estimate of drug-likeness (QED) is 0.808. The van der Waals surface area contributed by atoms with Gasteiger partial charge in [0, 0.05) is 24.5 Å². The predicted octanol–water partition coefficient (Wildman–Crippen LogP) is 1.32. The van der Waals surface area contributed by atoms with Gasteiger partial charge in [-0.1, -0.05) is 17.9 Å². The monoisotopic (exact) mass is 269 g/mol. The Hall–Kier alpha value is -2.58. The van der Waals surface area contributed by atoms with Crippen molar-refractivity contribution >= 4 is 11.6 Å². The summed E-state index contributed by atoms with van der Waals surface area (Å²) in [6, 6.07) is 7.12. The van der Waals surface area contributed by atoms with Crippen LogP contribution < -0.4 is 5.32 Å². The Morgan fingerprint density at radius 2 is 2.25 bits per heavy atom. The Morgan fingerprint density at radius 1 is 1.45 bits per heavy atom. The van der Waals surface area contributed by atoms with Crippen molar-refractivity contribution in [3.8, 4) is 11.8 Å². The molecule has 0 unspecified atom stereocenters. The fraction of sp³-hybridized carbons (Fsp3) is 0.200. The molecule has 0 saturated carbocycles. The van der Waals surface area contributed by atoms with Crippen molar-refractivity contribution < 1.29 is 9.90 Å². The zero-order valence-corrected chi connectivity index (χ0v) is 11.3. The van der Waals surface area contributed by atoms with Crippen LogP contribution in [-0.2, 0) is 7.05 Å². The summed E-state index contributed by atoms with van der Waals surface area (Å²) < 4.78 is 1.51. The normalized spacial score (nSPS) is 9.75. The lowest BCUT2D eigenvalue weighted by Gasteiger charge is -2.07. The highest BCUT2D eigenvalue weighted by atomic mass is 16.2. The number of aliphatic hydroxyl groups excluding tert-OH is 1. The molecule has 0 aliphatic heterocycles. The van der Waals surface area contributed by atoms with Crippen molar-refractivity contribution in [2.24, 2.45) is 7.05 Å². The third-order valence-electron chi connectivity index (χ3n) is 2.85. The Morgan fingerprint density at radius 3 is 2.90 bits per heavy atom. The summed E-state index contributed by atoms with van der Waals surface area (Å²) in [5.74, 6) is 5.23. The molecule has 0 bridgehead atoms. The summed E-state index contributed by atoms with van der Waals surface area (Å²) in [4.78, 5) is 12.1. The average Bonchev–Trinajstić information content (AvgIpc) is 2.85. The van der Waals surface area contributed by atoms with Crippen LogP contribution in [0, 0.1) is 18.8 Å². The van der Waals surface area contributed by atoms with E-state index in [9.17, 15) is 4.79 Å². The number of rotatable bonds is 2. The number of amides is 1. The van der Waals surface area contributed by atoms with E-state index in [1.807, 2.05) is 19.1 Å². The second-order valence-corrected chi connectivity index (χ2v) is 4.28. The summed E-state index contributed by atoms with van der Waals surface area (Å²) >= 11 is 0. The van der Waals surface area contributed by atoms with E-state index in [4.69, 9.17) is 5.11 Å². The van der Waals surface area contributed by atoms with Crippen molar-refractivity contribution in [1.29, 1.82) is 0 Å². The van der Waals surface area contributed by atoms with Crippen molar-refractivity contribution in [1.82, 2.24) is 9.78 Å². The standard InChI is InChI=1S/C15H15N3O2/c1-11-5-6-13(10-12(11)4-3-9-19)17-15(20)14-7-8-16-18(14)2/h5-8,10,19H,9H2,1-2H3,(H,17,20). The van der Waals surface area contributed by atoms with Crippen molar-refractivity contribution in [3.05, 3.63) is 47.3 Å². The minimum absolute atomic E-state index is 0.189. The van der Waals surface area contributed by atoms with Crippen LogP contribution >= 0.6 is 0 Å². The molecule has 0 aliphatic carbocycles. The maximum atomic E-state index is 12.1. The topological polar surface area (TPSA) is 67.2 Å². The van der Waals surface area contributed by atoms with Crippen LogP contribution in [0.3, 0.4) is 0 Å². The molecular weight excluding hydrogens is 254 g/mol. The molecule has 2 N–H and O–H groups in total. The SMILES string of the molecule is Cc1ccc(NC(=O)c2ccnn2C)cc1C#CCO. The van der Waals surface area contributed by atoms with Gasteiger partial charge in [-0.15, -0.1) is 0 Å². The van der Waals surface area contributed by atoms with Crippen molar-refractivity contribution in [2.45, 2.75) is 6.92 Å². The largest absolute Gasteiger partial charge is 0.384 e. The van der Waals surface area contributed by atoms with Crippen LogP contribution in [0.1, 0.15) is 21.6 Å². The average molecular weight is 269 g/mol. The van der Waals surface area contributed by atoms with Gasteiger partial charge in [0.2, 0.25) is 0 Å². The lowest BCUT2D eigenvalue weighted by atomic mass is 10.1. The number of aromatic nitrogens is 2. The second kappa shape index (κ2) is 6.04. The van der Waals surface area contributed by atoms with E-state index in [0.717, 1.165) is 11.1 Å². The van der Waals surface area contributed by atoms with E-state index in [1.165, 1.54) is 4.68 Å². The van der Waals surface area contributed by atoms with Gasteiger partial charge in [-0.2, -0.15) is 5.10 Å². The van der Waals surface area contributed by atoms with Gasteiger partial charge in [0.1, 0.15) is 12.3 Å². The Balaban J connectivity index is 2.22. The smallest absolute Gasteiger partial charge is 0.273 e. The van der Waals surface area contributed by atoms with Crippen molar-refractivity contribution in [2.75, 3.05) is 11.9 Å². The zero-order valence-electron chi connectivity index (χ0n) is 11.3. The fourth-order valence-electron chi connectivity index (χ4n) is 1.76. The van der Waals surface area contributed by atoms with Gasteiger partial charge < -0.3 is 10.4 Å². The molecule has 1 aromatic carbocycles. The van der Waals surface area contributed by atoms with Gasteiger partial charge in [0.25, 0.3) is 5.91 Å². The third kappa shape index (κ3) is 3.05. The first kappa shape index (κ1) is 13.8. The van der Waals surface area contributed by atoms with Gasteiger partial charge in [0.05, 0.1) is 0 Å². The molecule has 0 radical (unpaired) electrons. The zero-order chi connectivity index (χ0) is 14.5. The number of anilines is 1. The van der Waals surface area contributed by atoms with Gasteiger partial charge in [-0.25, -0.2) is 0 Å². The summed E-state index contributed by atoms with van der Waals surface area (Å²) in [7, 11) is 1.71. The molecule has 2 aromatic rings. The van der Waals surface area contributed by atoms with Crippen LogP contribution in [0.15, 0.2) is 30.5 Å². The summed E-state index contributed by atoms with van der Waals surface area (Å²) in [5, 5.41) is 15.5. The summed E-state index contributed by atoms with van der Waals surface area (Å²) in [6.45, 7) is 1.74. The Kier molecular flexibility index (Phi) is 4.18. The first-order valence-corrected chi connectivity index (χ1v) is 6.11. The molecule has 1 amide bonds. The van der Waals surface area contributed by atoms with E-state index in [2.05, 4.69) is 22.3 Å². The van der Waals surface area contributed by atoms with Crippen LogP contribution in [0.2, 0.25) is 0 Å². The number of aliphatic hydroxyl groups is 1. The molecule has 5 nitrogen and oxygen atoms in total. The fourth-order valence-corrected chi connectivity index (χ4v) is 1.76. The highest BCUT2D eigenvalue weighted by Crippen LogP contribution is 2.15. The Bertz CT molecular complexity index is 693. The molecule has 0 atom stereocenters. The number of hydrogen-bond donors (Lipinski definition) is 2. The number of nitrogens with one attached hydrogen (secondary N) is 1. The lowest BCUT2D eigenvalue weighted by molar-refractivity contribution is 0.101. The van der Waals surface area contributed by atoms with E-state index in [1.54, 1.807) is 25.4 Å². The maximum Gasteiger partial charge on any atom is 0.273 e. The summed E-state index contributed by atoms with van der Waals surface area (Å²) in [6.07, 6.45) is 1.57. The molecule has 1 aromatic heterocycles. The molecule has 0 fully saturated rings. The molecule has 0 spiro atoms. The van der Waals surface area contributed by atoms with Crippen molar-refractivity contribution in [3.63, 3.8) is 0 Å². The van der Waals surface area contributed by atoms with E-state index < -0.39 is 0 Å². The van der Waals surface area contributed by atoms with Crippen LogP contribution in [-0.4, -0.2) is 27.4 Å². The molecule has 5 heteroatoms. The third-order valence-corrected chi connectivity index (χ3v) is 2.85. The van der Waals surface area contributed by atoms with Crippen LogP contribution in [0.5, 0.6) is 0 Å². The second-order valence-electron chi connectivity index (χ2n) is 4.28. The number of carbonyl (C=O) groups excluding carboxylic acids is 1. The number of aryl methyl sites for hydroxylation is 2. The Labute approximate surface area is 117 Å². The van der Waals surface area contributed by atoms with Crippen LogP contribution in [0.25, 0.3) is 0 Å². The number of nitrogens with zero attached hydrogens (tertiary/aromatic N) is 2. The van der Waals surface area contributed by atoms with Gasteiger partial charge in [-0.3, -0.25) is 9.48 Å². The first-order chi connectivity index (χ1) is 9.61. The molecule has 0 saturated heterocycles. The highest BCUT2D eigenvalue weighted by molar-refractivity contribution is 6.03. The molecule has 20 heavy (non-hydrogen) atoms. The van der Waals surface area contributed by atoms with Gasteiger partial charge >= 0.3 is 0 Å². The predicted molar refractivity (Wildman–Crippen MR) is 76.3 cm³/mol. The highest BCUT2D eigenvalue weighted by Gasteiger charge is 2.10. The van der Waals surface area contributed by atoms with Gasteiger partial charge in [0.15, 0.2) is 0 Å². The van der Waals surface area contributed by atoms with Crippen LogP contribution in [0.4, 0.5) is 5.69 Å². The minimum Gasteiger partial charge on any atom is -0.384 e. The molecule has 1 heterocycles. The van der Waals surface area contributed by atoms with Gasteiger partial charge in [-0.05, 0) is 30.7 Å². The maximum absolute atomic E-state index is 12.1. The number of carbonyl (C=O) groups is 1. The minimum atomic E-state index is -0.227. The first-order valence-electron chi connectivity index (χ1n) is 6.11. The number of benzene rings is 1. The van der Waals surface area contributed by atoms with E-state index >= 15 is 0 Å². The van der Waals surface area contributed by atoms with E-state index in [-0.39, 0.29) is 12.5 Å². The molecular formula is C15H15N3O2. The molecule has 2 rings (SSSR count). The van der Waals surface area contributed by atoms with E-state index in [0.29, 0.717) is 11.4 Å².